The Bertz CT molecular complexity index is 429. The fraction of sp³-hybridized carbons (Fsp3) is 0.667. The van der Waals surface area contributed by atoms with E-state index >= 15 is 0 Å². The van der Waals surface area contributed by atoms with Crippen molar-refractivity contribution in [2.75, 3.05) is 38.0 Å². The summed E-state index contributed by atoms with van der Waals surface area (Å²) in [6.07, 6.45) is 3.83. The summed E-state index contributed by atoms with van der Waals surface area (Å²) in [6, 6.07) is 10.3. The van der Waals surface area contributed by atoms with Crippen LogP contribution in [0.5, 0.6) is 0 Å². The molecule has 1 aromatic rings. The van der Waals surface area contributed by atoms with E-state index in [0.717, 1.165) is 12.6 Å². The van der Waals surface area contributed by atoms with Gasteiger partial charge in [0.15, 0.2) is 0 Å². The molecular weight excluding hydrogens is 258 g/mol. The molecule has 2 unspecified atom stereocenters. The molecule has 0 aliphatic carbocycles. The number of aryl methyl sites for hydroxylation is 1. The molecule has 116 valence electrons. The van der Waals surface area contributed by atoms with Gasteiger partial charge in [0.05, 0.1) is 0 Å². The highest BCUT2D eigenvalue weighted by Gasteiger charge is 2.31. The first-order valence-corrected chi connectivity index (χ1v) is 8.61. The first-order valence-electron chi connectivity index (χ1n) is 8.61. The van der Waals surface area contributed by atoms with Crippen LogP contribution in [-0.4, -0.2) is 54.6 Å². The minimum Gasteiger partial charge on any atom is -0.383 e. The molecule has 3 nitrogen and oxygen atoms in total. The van der Waals surface area contributed by atoms with Crippen molar-refractivity contribution in [2.45, 2.75) is 45.2 Å². The molecule has 2 aliphatic rings. The fourth-order valence-corrected chi connectivity index (χ4v) is 4.01. The van der Waals surface area contributed by atoms with Crippen LogP contribution in [0.2, 0.25) is 0 Å². The van der Waals surface area contributed by atoms with Crippen molar-refractivity contribution < 1.29 is 0 Å². The zero-order chi connectivity index (χ0) is 14.7. The smallest absolute Gasteiger partial charge is 0.0373 e. The molecule has 21 heavy (non-hydrogen) atoms. The van der Waals surface area contributed by atoms with Crippen LogP contribution in [-0.2, 0) is 6.42 Å². The van der Waals surface area contributed by atoms with Gasteiger partial charge >= 0.3 is 0 Å². The number of nitrogens with one attached hydrogen (secondary N) is 1. The summed E-state index contributed by atoms with van der Waals surface area (Å²) in [5.41, 5.74) is 2.83. The van der Waals surface area contributed by atoms with Crippen molar-refractivity contribution in [2.24, 2.45) is 0 Å². The first-order chi connectivity index (χ1) is 10.3. The molecule has 1 saturated heterocycles. The summed E-state index contributed by atoms with van der Waals surface area (Å²) >= 11 is 0. The number of fused-ring (bicyclic) bond motifs is 1. The molecule has 0 amide bonds. The normalized spacial score (nSPS) is 26.4. The van der Waals surface area contributed by atoms with E-state index in [4.69, 9.17) is 0 Å². The molecule has 0 bridgehead atoms. The molecule has 2 heterocycles. The lowest BCUT2D eigenvalue weighted by atomic mass is 10.1. The Morgan fingerprint density at radius 2 is 2.00 bits per heavy atom. The van der Waals surface area contributed by atoms with E-state index in [0.29, 0.717) is 6.04 Å². The van der Waals surface area contributed by atoms with Gasteiger partial charge in [0.25, 0.3) is 0 Å². The Labute approximate surface area is 129 Å². The maximum atomic E-state index is 3.67. The van der Waals surface area contributed by atoms with E-state index in [2.05, 4.69) is 53.2 Å². The lowest BCUT2D eigenvalue weighted by Crippen LogP contribution is -2.42. The quantitative estimate of drug-likeness (QED) is 0.918. The maximum absolute atomic E-state index is 3.67. The lowest BCUT2D eigenvalue weighted by molar-refractivity contribution is 0.187. The predicted molar refractivity (Wildman–Crippen MR) is 89.9 cm³/mol. The van der Waals surface area contributed by atoms with Crippen molar-refractivity contribution in [1.29, 1.82) is 0 Å². The van der Waals surface area contributed by atoms with Crippen LogP contribution in [0.1, 0.15) is 32.3 Å². The van der Waals surface area contributed by atoms with Gasteiger partial charge < -0.3 is 5.32 Å². The molecule has 2 aliphatic heterocycles. The Morgan fingerprint density at radius 1 is 1.19 bits per heavy atom. The molecule has 0 spiro atoms. The third kappa shape index (κ3) is 3.24. The zero-order valence-corrected chi connectivity index (χ0v) is 13.5. The van der Waals surface area contributed by atoms with Gasteiger partial charge in [0.1, 0.15) is 0 Å². The minimum atomic E-state index is 0.693. The number of anilines is 1. The summed E-state index contributed by atoms with van der Waals surface area (Å²) in [4.78, 5) is 5.35. The van der Waals surface area contributed by atoms with Crippen molar-refractivity contribution >= 4 is 5.69 Å². The predicted octanol–water partition coefficient (Wildman–Crippen LogP) is 2.83. The number of likely N-dealkylation sites (tertiary alicyclic amines) is 1. The average Bonchev–Trinajstić information content (AvgIpc) is 2.89. The second-order valence-electron chi connectivity index (χ2n) is 6.39. The van der Waals surface area contributed by atoms with Crippen LogP contribution in [0.3, 0.4) is 0 Å². The lowest BCUT2D eigenvalue weighted by Gasteiger charge is -2.29. The second-order valence-corrected chi connectivity index (χ2v) is 6.39. The number of rotatable bonds is 4. The second kappa shape index (κ2) is 6.80. The Hall–Kier alpha value is -1.06. The zero-order valence-electron chi connectivity index (χ0n) is 13.5. The van der Waals surface area contributed by atoms with E-state index in [1.807, 2.05) is 0 Å². The minimum absolute atomic E-state index is 0.693. The summed E-state index contributed by atoms with van der Waals surface area (Å²) < 4.78 is 0. The average molecular weight is 287 g/mol. The van der Waals surface area contributed by atoms with Gasteiger partial charge in [-0.25, -0.2) is 0 Å². The molecule has 0 saturated carbocycles. The molecule has 1 aromatic carbocycles. The van der Waals surface area contributed by atoms with E-state index in [1.54, 1.807) is 0 Å². The summed E-state index contributed by atoms with van der Waals surface area (Å²) in [5.74, 6) is 0. The molecule has 1 fully saturated rings. The molecule has 3 heteroatoms. The molecule has 3 rings (SSSR count). The standard InChI is InChI=1S/C18H29N3/c1-3-20(4-2)17-11-12-21(14-17)16-10-9-15-7-5-6-8-18(15)19-13-16/h5-8,16-17,19H,3-4,9-14H2,1-2H3. The van der Waals surface area contributed by atoms with Gasteiger partial charge in [-0.1, -0.05) is 32.0 Å². The van der Waals surface area contributed by atoms with Crippen LogP contribution in [0.25, 0.3) is 0 Å². The monoisotopic (exact) mass is 287 g/mol. The summed E-state index contributed by atoms with van der Waals surface area (Å²) in [7, 11) is 0. The van der Waals surface area contributed by atoms with Crippen molar-refractivity contribution in [3.63, 3.8) is 0 Å². The number of para-hydroxylation sites is 1. The summed E-state index contributed by atoms with van der Waals surface area (Å²) in [5, 5.41) is 3.67. The van der Waals surface area contributed by atoms with Crippen LogP contribution in [0, 0.1) is 0 Å². The van der Waals surface area contributed by atoms with Gasteiger partial charge in [-0.3, -0.25) is 9.80 Å². The van der Waals surface area contributed by atoms with Crippen LogP contribution in [0.4, 0.5) is 5.69 Å². The number of benzene rings is 1. The largest absolute Gasteiger partial charge is 0.383 e. The van der Waals surface area contributed by atoms with E-state index in [1.165, 1.54) is 56.7 Å². The fourth-order valence-electron chi connectivity index (χ4n) is 4.01. The van der Waals surface area contributed by atoms with E-state index in [-0.39, 0.29) is 0 Å². The Balaban J connectivity index is 1.60. The maximum Gasteiger partial charge on any atom is 0.0373 e. The highest BCUT2D eigenvalue weighted by Crippen LogP contribution is 2.25. The Morgan fingerprint density at radius 3 is 2.81 bits per heavy atom. The SMILES string of the molecule is CCN(CC)C1CCN(C2CCc3ccccc3NC2)C1. The molecule has 1 N–H and O–H groups in total. The van der Waals surface area contributed by atoms with Crippen molar-refractivity contribution in [1.82, 2.24) is 9.80 Å². The van der Waals surface area contributed by atoms with Crippen molar-refractivity contribution in [3.05, 3.63) is 29.8 Å². The summed E-state index contributed by atoms with van der Waals surface area (Å²) in [6.45, 7) is 10.6. The van der Waals surface area contributed by atoms with Crippen LogP contribution in [0.15, 0.2) is 24.3 Å². The van der Waals surface area contributed by atoms with Crippen molar-refractivity contribution in [3.8, 4) is 0 Å². The number of hydrogen-bond donors (Lipinski definition) is 1. The Kier molecular flexibility index (Phi) is 4.81. The highest BCUT2D eigenvalue weighted by molar-refractivity contribution is 5.52. The van der Waals surface area contributed by atoms with Gasteiger partial charge in [-0.15, -0.1) is 0 Å². The molecule has 0 radical (unpaired) electrons. The number of nitrogens with zero attached hydrogens (tertiary/aromatic N) is 2. The third-order valence-electron chi connectivity index (χ3n) is 5.33. The topological polar surface area (TPSA) is 18.5 Å². The van der Waals surface area contributed by atoms with Gasteiger partial charge in [-0.05, 0) is 44.0 Å². The highest BCUT2D eigenvalue weighted by atomic mass is 15.3. The molecular formula is C18H29N3. The van der Waals surface area contributed by atoms with Gasteiger partial charge in [-0.2, -0.15) is 0 Å². The third-order valence-corrected chi connectivity index (χ3v) is 5.33. The number of likely N-dealkylation sites (N-methyl/N-ethyl adjacent to an activating group) is 1. The molecule has 2 atom stereocenters. The van der Waals surface area contributed by atoms with Gasteiger partial charge in [0.2, 0.25) is 0 Å². The van der Waals surface area contributed by atoms with E-state index < -0.39 is 0 Å². The first kappa shape index (κ1) is 14.9. The van der Waals surface area contributed by atoms with Crippen LogP contribution >= 0.6 is 0 Å². The van der Waals surface area contributed by atoms with E-state index in [9.17, 15) is 0 Å². The molecule has 0 aromatic heterocycles. The van der Waals surface area contributed by atoms with Crippen LogP contribution < -0.4 is 5.32 Å². The number of hydrogen-bond acceptors (Lipinski definition) is 3. The van der Waals surface area contributed by atoms with Gasteiger partial charge in [0, 0.05) is 37.4 Å².